The Morgan fingerprint density at radius 2 is 1.61 bits per heavy atom. The highest BCUT2D eigenvalue weighted by Crippen LogP contribution is 2.75. The number of carboxylic acids is 1. The van der Waals surface area contributed by atoms with Crippen LogP contribution in [0.15, 0.2) is 11.6 Å². The lowest BCUT2D eigenvalue weighted by Gasteiger charge is -2.71. The van der Waals surface area contributed by atoms with Crippen molar-refractivity contribution in [1.29, 1.82) is 0 Å². The molecule has 4 saturated carbocycles. The number of aliphatic hydroxyl groups is 1. The predicted molar refractivity (Wildman–Crippen MR) is 133 cm³/mol. The Balaban J connectivity index is 1.60. The fourth-order valence-electron chi connectivity index (χ4n) is 10.8. The summed E-state index contributed by atoms with van der Waals surface area (Å²) in [6.07, 6.45) is 12.0. The first kappa shape index (κ1) is 23.9. The molecule has 0 amide bonds. The Bertz CT molecular complexity index is 878. The molecule has 0 aromatic heterocycles. The number of carboxylic acid groups (broad SMARTS) is 1. The molecule has 5 aliphatic rings. The molecule has 0 spiro atoms. The zero-order valence-corrected chi connectivity index (χ0v) is 22.2. The van der Waals surface area contributed by atoms with E-state index >= 15 is 0 Å². The molecule has 186 valence electrons. The topological polar surface area (TPSA) is 57.5 Å². The SMILES string of the molecule is CC1CC[C@]2(C)CCC3(C)C(=CCC4[C@@]5(C)CCC(O)[C@](C)(C(=O)O)C5CC[C@]43C)[C@@H]2[C@H]1C. The number of carbonyl (C=O) groups is 1. The van der Waals surface area contributed by atoms with Crippen LogP contribution in [0.1, 0.15) is 106 Å². The summed E-state index contributed by atoms with van der Waals surface area (Å²) in [5.41, 5.74) is 1.56. The Morgan fingerprint density at radius 3 is 2.27 bits per heavy atom. The lowest BCUT2D eigenvalue weighted by Crippen LogP contribution is -2.66. The van der Waals surface area contributed by atoms with Gasteiger partial charge in [0.1, 0.15) is 0 Å². The minimum absolute atomic E-state index is 0.0311. The molecule has 0 radical (unpaired) electrons. The summed E-state index contributed by atoms with van der Waals surface area (Å²) in [7, 11) is 0. The fraction of sp³-hybridized carbons (Fsp3) is 0.900. The number of hydrogen-bond acceptors (Lipinski definition) is 2. The summed E-state index contributed by atoms with van der Waals surface area (Å²) in [4.78, 5) is 12.5. The Morgan fingerprint density at radius 1 is 0.909 bits per heavy atom. The molecule has 3 nitrogen and oxygen atoms in total. The van der Waals surface area contributed by atoms with Crippen molar-refractivity contribution in [2.45, 2.75) is 112 Å². The van der Waals surface area contributed by atoms with Gasteiger partial charge in [-0.25, -0.2) is 0 Å². The molecule has 5 rings (SSSR count). The highest BCUT2D eigenvalue weighted by molar-refractivity contribution is 5.76. The highest BCUT2D eigenvalue weighted by Gasteiger charge is 2.69. The van der Waals surface area contributed by atoms with Gasteiger partial charge in [0, 0.05) is 0 Å². The summed E-state index contributed by atoms with van der Waals surface area (Å²) in [5, 5.41) is 21.1. The van der Waals surface area contributed by atoms with Crippen molar-refractivity contribution in [2.75, 3.05) is 0 Å². The lowest BCUT2D eigenvalue weighted by atomic mass is 9.33. The van der Waals surface area contributed by atoms with Crippen LogP contribution < -0.4 is 0 Å². The van der Waals surface area contributed by atoms with Gasteiger partial charge in [-0.15, -0.1) is 0 Å². The van der Waals surface area contributed by atoms with E-state index in [2.05, 4.69) is 47.6 Å². The number of aliphatic carboxylic acids is 1. The summed E-state index contributed by atoms with van der Waals surface area (Å²) < 4.78 is 0. The molecule has 0 bridgehead atoms. The average Bonchev–Trinajstić information content (AvgIpc) is 2.75. The highest BCUT2D eigenvalue weighted by atomic mass is 16.4. The molecule has 5 aliphatic carbocycles. The van der Waals surface area contributed by atoms with Crippen LogP contribution in [0.3, 0.4) is 0 Å². The third kappa shape index (κ3) is 2.75. The van der Waals surface area contributed by atoms with Gasteiger partial charge >= 0.3 is 5.97 Å². The van der Waals surface area contributed by atoms with Crippen molar-refractivity contribution >= 4 is 5.97 Å². The van der Waals surface area contributed by atoms with E-state index in [1.165, 1.54) is 25.7 Å². The number of hydrogen-bond donors (Lipinski definition) is 2. The maximum Gasteiger partial charge on any atom is 0.312 e. The second-order valence-electron chi connectivity index (χ2n) is 14.4. The standard InChI is InChI=1S/C30H48O3/c1-18-10-13-26(3)16-17-28(5)20(24(26)19(18)2)8-9-21-27(4)14-12-23(31)30(7,25(32)33)22(27)11-15-29(21,28)6/h8,18-19,21-24,31H,9-17H2,1-7H3,(H,32,33)/t18?,19-,21?,22?,23?,24-,26+,27+,28?,29+,30+/m0/s1. The quantitative estimate of drug-likeness (QED) is 0.414. The second kappa shape index (κ2) is 7.11. The fourth-order valence-corrected chi connectivity index (χ4v) is 10.8. The van der Waals surface area contributed by atoms with Gasteiger partial charge in [0.2, 0.25) is 0 Å². The molecule has 0 heterocycles. The molecule has 33 heavy (non-hydrogen) atoms. The normalized spacial score (nSPS) is 58.2. The molecule has 0 aromatic carbocycles. The molecular formula is C30H48O3. The minimum atomic E-state index is -1.03. The van der Waals surface area contributed by atoms with Crippen LogP contribution in [0.5, 0.6) is 0 Å². The summed E-state index contributed by atoms with van der Waals surface area (Å²) in [5.74, 6) is 1.96. The first-order valence-corrected chi connectivity index (χ1v) is 13.9. The van der Waals surface area contributed by atoms with Crippen molar-refractivity contribution < 1.29 is 15.0 Å². The van der Waals surface area contributed by atoms with Gasteiger partial charge < -0.3 is 10.2 Å². The van der Waals surface area contributed by atoms with Gasteiger partial charge in [0.05, 0.1) is 11.5 Å². The first-order valence-electron chi connectivity index (χ1n) is 13.9. The van der Waals surface area contributed by atoms with Gasteiger partial charge in [-0.2, -0.15) is 0 Å². The van der Waals surface area contributed by atoms with E-state index in [-0.39, 0.29) is 22.2 Å². The van der Waals surface area contributed by atoms with Crippen LogP contribution >= 0.6 is 0 Å². The molecule has 5 unspecified atom stereocenters. The second-order valence-corrected chi connectivity index (χ2v) is 14.4. The largest absolute Gasteiger partial charge is 0.481 e. The van der Waals surface area contributed by atoms with E-state index < -0.39 is 17.5 Å². The van der Waals surface area contributed by atoms with Crippen LogP contribution in [0, 0.1) is 56.7 Å². The van der Waals surface area contributed by atoms with E-state index in [1.54, 1.807) is 5.57 Å². The maximum absolute atomic E-state index is 12.5. The van der Waals surface area contributed by atoms with E-state index in [0.717, 1.165) is 37.5 Å². The van der Waals surface area contributed by atoms with Crippen LogP contribution in [-0.4, -0.2) is 22.3 Å². The Kier molecular flexibility index (Phi) is 5.15. The molecule has 11 atom stereocenters. The van der Waals surface area contributed by atoms with E-state index in [9.17, 15) is 15.0 Å². The number of rotatable bonds is 1. The van der Waals surface area contributed by atoms with Gasteiger partial charge in [-0.1, -0.05) is 53.2 Å². The van der Waals surface area contributed by atoms with Gasteiger partial charge in [-0.05, 0) is 116 Å². The maximum atomic E-state index is 12.5. The molecule has 2 N–H and O–H groups in total. The molecule has 4 fully saturated rings. The summed E-state index contributed by atoms with van der Waals surface area (Å²) in [6, 6.07) is 0. The smallest absolute Gasteiger partial charge is 0.312 e. The van der Waals surface area contributed by atoms with Crippen LogP contribution in [0.25, 0.3) is 0 Å². The summed E-state index contributed by atoms with van der Waals surface area (Å²) in [6.45, 7) is 17.0. The third-order valence-corrected chi connectivity index (χ3v) is 13.5. The van der Waals surface area contributed by atoms with Crippen molar-refractivity contribution in [3.63, 3.8) is 0 Å². The van der Waals surface area contributed by atoms with E-state index in [0.29, 0.717) is 23.7 Å². The Hall–Kier alpha value is -0.830. The number of fused-ring (bicyclic) bond motifs is 7. The number of allylic oxidation sites excluding steroid dienone is 2. The lowest BCUT2D eigenvalue weighted by molar-refractivity contribution is -0.217. The molecule has 0 aromatic rings. The monoisotopic (exact) mass is 456 g/mol. The van der Waals surface area contributed by atoms with Gasteiger partial charge in [0.25, 0.3) is 0 Å². The zero-order valence-electron chi connectivity index (χ0n) is 22.2. The third-order valence-electron chi connectivity index (χ3n) is 13.5. The minimum Gasteiger partial charge on any atom is -0.481 e. The number of aliphatic hydroxyl groups excluding tert-OH is 1. The van der Waals surface area contributed by atoms with Crippen molar-refractivity contribution in [2.24, 2.45) is 56.7 Å². The molecule has 3 heteroatoms. The van der Waals surface area contributed by atoms with Gasteiger partial charge in [0.15, 0.2) is 0 Å². The van der Waals surface area contributed by atoms with Crippen LogP contribution in [0.2, 0.25) is 0 Å². The van der Waals surface area contributed by atoms with Gasteiger partial charge in [-0.3, -0.25) is 4.79 Å². The van der Waals surface area contributed by atoms with Crippen LogP contribution in [-0.2, 0) is 4.79 Å². The predicted octanol–water partition coefficient (Wildman–Crippen LogP) is 7.09. The van der Waals surface area contributed by atoms with Crippen molar-refractivity contribution in [3.05, 3.63) is 11.6 Å². The van der Waals surface area contributed by atoms with Crippen molar-refractivity contribution in [3.8, 4) is 0 Å². The average molecular weight is 457 g/mol. The van der Waals surface area contributed by atoms with E-state index in [4.69, 9.17) is 0 Å². The molecular weight excluding hydrogens is 408 g/mol. The van der Waals surface area contributed by atoms with E-state index in [1.807, 2.05) is 6.92 Å². The van der Waals surface area contributed by atoms with Crippen molar-refractivity contribution in [1.82, 2.24) is 0 Å². The Labute approximate surface area is 201 Å². The molecule has 0 saturated heterocycles. The first-order chi connectivity index (χ1) is 15.3. The zero-order chi connectivity index (χ0) is 24.2. The summed E-state index contributed by atoms with van der Waals surface area (Å²) >= 11 is 0. The van der Waals surface area contributed by atoms with Crippen LogP contribution in [0.4, 0.5) is 0 Å². The molecule has 0 aliphatic heterocycles.